The van der Waals surface area contributed by atoms with E-state index < -0.39 is 0 Å². The third-order valence-electron chi connectivity index (χ3n) is 4.69. The Bertz CT molecular complexity index is 750. The smallest absolute Gasteiger partial charge is 0.254 e. The Morgan fingerprint density at radius 1 is 1.04 bits per heavy atom. The number of hydrogen-bond acceptors (Lipinski definition) is 4. The molecule has 3 rings (SSSR count). The predicted octanol–water partition coefficient (Wildman–Crippen LogP) is 2.73. The van der Waals surface area contributed by atoms with E-state index in [1.54, 1.807) is 11.3 Å². The summed E-state index contributed by atoms with van der Waals surface area (Å²) in [5.74, 6) is 0.222. The molecule has 0 saturated carbocycles. The maximum atomic E-state index is 12.7. The van der Waals surface area contributed by atoms with E-state index in [1.807, 2.05) is 64.5 Å². The molecule has 26 heavy (non-hydrogen) atoms. The molecular weight excluding hydrogens is 346 g/mol. The summed E-state index contributed by atoms with van der Waals surface area (Å²) in [6, 6.07) is 11.7. The molecule has 0 atom stereocenters. The molecule has 1 aromatic carbocycles. The Balaban J connectivity index is 1.52. The largest absolute Gasteiger partial charge is 0.378 e. The number of nitrogens with zero attached hydrogens (tertiary/aromatic N) is 3. The van der Waals surface area contributed by atoms with E-state index in [2.05, 4.69) is 6.07 Å². The highest BCUT2D eigenvalue weighted by Gasteiger charge is 2.24. The first kappa shape index (κ1) is 18.5. The van der Waals surface area contributed by atoms with Crippen LogP contribution in [0.15, 0.2) is 41.8 Å². The van der Waals surface area contributed by atoms with Crippen LogP contribution in [0.4, 0.5) is 5.69 Å². The van der Waals surface area contributed by atoms with Crippen molar-refractivity contribution in [3.05, 3.63) is 52.2 Å². The van der Waals surface area contributed by atoms with Crippen LogP contribution < -0.4 is 4.90 Å². The number of rotatable bonds is 5. The molecule has 2 heterocycles. The van der Waals surface area contributed by atoms with E-state index in [9.17, 15) is 9.59 Å². The zero-order valence-corrected chi connectivity index (χ0v) is 16.2. The second-order valence-corrected chi connectivity index (χ2v) is 7.73. The van der Waals surface area contributed by atoms with Crippen molar-refractivity contribution in [2.24, 2.45) is 0 Å². The number of carbonyl (C=O) groups excluding carboxylic acids is 2. The molecule has 1 aliphatic rings. The fourth-order valence-electron chi connectivity index (χ4n) is 3.10. The van der Waals surface area contributed by atoms with Gasteiger partial charge in [0.25, 0.3) is 5.91 Å². The summed E-state index contributed by atoms with van der Waals surface area (Å²) < 4.78 is 0. The summed E-state index contributed by atoms with van der Waals surface area (Å²) in [6.07, 6.45) is 1.34. The van der Waals surface area contributed by atoms with Gasteiger partial charge in [-0.05, 0) is 36.1 Å². The van der Waals surface area contributed by atoms with E-state index >= 15 is 0 Å². The molecule has 1 aliphatic heterocycles. The van der Waals surface area contributed by atoms with Crippen molar-refractivity contribution in [1.29, 1.82) is 0 Å². The van der Waals surface area contributed by atoms with Crippen LogP contribution in [0.2, 0.25) is 0 Å². The van der Waals surface area contributed by atoms with E-state index in [0.29, 0.717) is 38.2 Å². The summed E-state index contributed by atoms with van der Waals surface area (Å²) in [6.45, 7) is 2.41. The summed E-state index contributed by atoms with van der Waals surface area (Å²) in [5.41, 5.74) is 1.71. The van der Waals surface area contributed by atoms with Gasteiger partial charge in [-0.25, -0.2) is 0 Å². The molecule has 0 radical (unpaired) electrons. The quantitative estimate of drug-likeness (QED) is 0.812. The number of carbonyl (C=O) groups is 2. The normalized spacial score (nSPS) is 14.4. The number of piperazine rings is 1. The van der Waals surface area contributed by atoms with Crippen LogP contribution in [-0.2, 0) is 11.2 Å². The highest BCUT2D eigenvalue weighted by molar-refractivity contribution is 7.09. The van der Waals surface area contributed by atoms with Gasteiger partial charge >= 0.3 is 0 Å². The zero-order valence-electron chi connectivity index (χ0n) is 15.4. The van der Waals surface area contributed by atoms with Gasteiger partial charge in [0, 0.05) is 62.8 Å². The van der Waals surface area contributed by atoms with Gasteiger partial charge in [-0.1, -0.05) is 12.1 Å². The van der Waals surface area contributed by atoms with Crippen molar-refractivity contribution >= 4 is 28.8 Å². The molecule has 2 aromatic rings. The number of hydrogen-bond donors (Lipinski definition) is 0. The van der Waals surface area contributed by atoms with Gasteiger partial charge in [0.2, 0.25) is 5.91 Å². The lowest BCUT2D eigenvalue weighted by atomic mass is 10.1. The van der Waals surface area contributed by atoms with E-state index in [1.165, 1.54) is 4.88 Å². The summed E-state index contributed by atoms with van der Waals surface area (Å²) in [4.78, 5) is 32.1. The highest BCUT2D eigenvalue weighted by Crippen LogP contribution is 2.17. The maximum Gasteiger partial charge on any atom is 0.254 e. The first-order valence-electron chi connectivity index (χ1n) is 8.91. The summed E-state index contributed by atoms with van der Waals surface area (Å²) in [5, 5.41) is 2.04. The molecule has 0 spiro atoms. The van der Waals surface area contributed by atoms with Crippen molar-refractivity contribution in [3.8, 4) is 0 Å². The van der Waals surface area contributed by atoms with E-state index in [-0.39, 0.29) is 11.8 Å². The Labute approximate surface area is 158 Å². The van der Waals surface area contributed by atoms with Crippen molar-refractivity contribution in [2.45, 2.75) is 12.8 Å². The highest BCUT2D eigenvalue weighted by atomic mass is 32.1. The Hall–Kier alpha value is -2.34. The van der Waals surface area contributed by atoms with Crippen molar-refractivity contribution in [1.82, 2.24) is 9.80 Å². The van der Waals surface area contributed by atoms with Crippen LogP contribution in [0, 0.1) is 0 Å². The van der Waals surface area contributed by atoms with Crippen LogP contribution in [0.1, 0.15) is 21.7 Å². The summed E-state index contributed by atoms with van der Waals surface area (Å²) >= 11 is 1.69. The number of aryl methyl sites for hydroxylation is 1. The third-order valence-corrected chi connectivity index (χ3v) is 5.63. The molecule has 5 nitrogen and oxygen atoms in total. The molecule has 1 aromatic heterocycles. The van der Waals surface area contributed by atoms with Gasteiger partial charge in [-0.2, -0.15) is 0 Å². The molecule has 0 N–H and O–H groups in total. The van der Waals surface area contributed by atoms with Crippen LogP contribution in [0.3, 0.4) is 0 Å². The van der Waals surface area contributed by atoms with Crippen LogP contribution in [0.25, 0.3) is 0 Å². The van der Waals surface area contributed by atoms with Crippen LogP contribution in [0.5, 0.6) is 0 Å². The molecule has 1 fully saturated rings. The van der Waals surface area contributed by atoms with Crippen LogP contribution in [-0.4, -0.2) is 61.9 Å². The molecule has 1 saturated heterocycles. The molecule has 6 heteroatoms. The van der Waals surface area contributed by atoms with Gasteiger partial charge in [-0.15, -0.1) is 11.3 Å². The third kappa shape index (κ3) is 4.43. The first-order chi connectivity index (χ1) is 12.5. The monoisotopic (exact) mass is 371 g/mol. The Kier molecular flexibility index (Phi) is 5.93. The maximum absolute atomic E-state index is 12.7. The number of anilines is 1. The SMILES string of the molecule is CN(C)c1cccc(C(=O)N2CCN(C(=O)CCc3cccs3)CC2)c1. The molecular formula is C20H25N3O2S. The van der Waals surface area contributed by atoms with E-state index in [4.69, 9.17) is 0 Å². The fraction of sp³-hybridized carbons (Fsp3) is 0.400. The average Bonchev–Trinajstić information content (AvgIpc) is 3.19. The fourth-order valence-corrected chi connectivity index (χ4v) is 3.81. The van der Waals surface area contributed by atoms with Crippen molar-refractivity contribution in [3.63, 3.8) is 0 Å². The van der Waals surface area contributed by atoms with Gasteiger partial charge < -0.3 is 14.7 Å². The minimum Gasteiger partial charge on any atom is -0.378 e. The number of amides is 2. The molecule has 0 aliphatic carbocycles. The second-order valence-electron chi connectivity index (χ2n) is 6.70. The predicted molar refractivity (Wildman–Crippen MR) is 106 cm³/mol. The topological polar surface area (TPSA) is 43.9 Å². The average molecular weight is 372 g/mol. The second kappa shape index (κ2) is 8.36. The standard InChI is InChI=1S/C20H25N3O2S/c1-21(2)17-6-3-5-16(15-17)20(25)23-12-10-22(11-13-23)19(24)9-8-18-7-4-14-26-18/h3-7,14-15H,8-13H2,1-2H3. The summed E-state index contributed by atoms with van der Waals surface area (Å²) in [7, 11) is 3.92. The van der Waals surface area contributed by atoms with Crippen LogP contribution >= 0.6 is 11.3 Å². The number of thiophene rings is 1. The van der Waals surface area contributed by atoms with E-state index in [0.717, 1.165) is 12.1 Å². The Morgan fingerprint density at radius 3 is 2.42 bits per heavy atom. The minimum atomic E-state index is 0.0411. The molecule has 2 amide bonds. The first-order valence-corrected chi connectivity index (χ1v) is 9.79. The van der Waals surface area contributed by atoms with Gasteiger partial charge in [0.1, 0.15) is 0 Å². The lowest BCUT2D eigenvalue weighted by Gasteiger charge is -2.35. The lowest BCUT2D eigenvalue weighted by molar-refractivity contribution is -0.132. The zero-order chi connectivity index (χ0) is 18.5. The molecule has 0 bridgehead atoms. The van der Waals surface area contributed by atoms with Gasteiger partial charge in [0.15, 0.2) is 0 Å². The van der Waals surface area contributed by atoms with Crippen molar-refractivity contribution < 1.29 is 9.59 Å². The Morgan fingerprint density at radius 2 is 1.77 bits per heavy atom. The minimum absolute atomic E-state index is 0.0411. The lowest BCUT2D eigenvalue weighted by Crippen LogP contribution is -2.50. The van der Waals surface area contributed by atoms with Crippen molar-refractivity contribution in [2.75, 3.05) is 45.2 Å². The number of benzene rings is 1. The van der Waals surface area contributed by atoms with Gasteiger partial charge in [-0.3, -0.25) is 9.59 Å². The molecule has 0 unspecified atom stereocenters. The molecule has 138 valence electrons. The van der Waals surface area contributed by atoms with Gasteiger partial charge in [0.05, 0.1) is 0 Å².